The molecule has 0 aromatic heterocycles. The van der Waals surface area contributed by atoms with E-state index in [1.54, 1.807) is 7.11 Å². The molecular weight excluding hydrogens is 320 g/mol. The highest BCUT2D eigenvalue weighted by Crippen LogP contribution is 2.25. The van der Waals surface area contributed by atoms with E-state index >= 15 is 0 Å². The normalized spacial score (nSPS) is 10.7. The molecular formula is C12H16Br2O. The van der Waals surface area contributed by atoms with Gasteiger partial charge in [-0.1, -0.05) is 44.0 Å². The van der Waals surface area contributed by atoms with Gasteiger partial charge in [-0.25, -0.2) is 0 Å². The van der Waals surface area contributed by atoms with Crippen LogP contribution in [0.2, 0.25) is 0 Å². The summed E-state index contributed by atoms with van der Waals surface area (Å²) in [5.74, 6) is 1.01. The molecule has 84 valence electrons. The second kappa shape index (κ2) is 6.54. The summed E-state index contributed by atoms with van der Waals surface area (Å²) in [4.78, 5) is 0. The summed E-state index contributed by atoms with van der Waals surface area (Å²) in [6, 6.07) is 6.20. The molecule has 1 aromatic carbocycles. The average molecular weight is 336 g/mol. The lowest BCUT2D eigenvalue weighted by Gasteiger charge is -2.11. The van der Waals surface area contributed by atoms with E-state index in [1.807, 2.05) is 12.1 Å². The Hall–Kier alpha value is -0.0200. The van der Waals surface area contributed by atoms with Gasteiger partial charge >= 0.3 is 0 Å². The molecule has 0 radical (unpaired) electrons. The fourth-order valence-electron chi connectivity index (χ4n) is 1.62. The first-order chi connectivity index (χ1) is 7.15. The highest BCUT2D eigenvalue weighted by Gasteiger charge is 2.06. The fraction of sp³-hybridized carbons (Fsp3) is 0.500. The van der Waals surface area contributed by atoms with Crippen molar-refractivity contribution >= 4 is 31.9 Å². The zero-order valence-corrected chi connectivity index (χ0v) is 12.3. The van der Waals surface area contributed by atoms with Gasteiger partial charge in [-0.05, 0) is 43.4 Å². The molecule has 0 amide bonds. The van der Waals surface area contributed by atoms with Crippen LogP contribution in [0.4, 0.5) is 0 Å². The monoisotopic (exact) mass is 334 g/mol. The molecule has 0 N–H and O–H groups in total. The predicted octanol–water partition coefficient (Wildman–Crippen LogP) is 4.44. The van der Waals surface area contributed by atoms with Gasteiger partial charge in [0.1, 0.15) is 5.75 Å². The van der Waals surface area contributed by atoms with Crippen molar-refractivity contribution in [2.45, 2.75) is 29.9 Å². The van der Waals surface area contributed by atoms with Crippen LogP contribution in [0.5, 0.6) is 5.75 Å². The summed E-state index contributed by atoms with van der Waals surface area (Å²) in [5, 5.41) is 0. The molecule has 3 heteroatoms. The van der Waals surface area contributed by atoms with Crippen molar-refractivity contribution in [3.05, 3.63) is 29.3 Å². The first-order valence-electron chi connectivity index (χ1n) is 5.05. The highest BCUT2D eigenvalue weighted by molar-refractivity contribution is 9.24. The van der Waals surface area contributed by atoms with E-state index < -0.39 is 0 Å². The Morgan fingerprint density at radius 3 is 2.67 bits per heavy atom. The lowest BCUT2D eigenvalue weighted by Crippen LogP contribution is -1.97. The minimum Gasteiger partial charge on any atom is -0.496 e. The van der Waals surface area contributed by atoms with Crippen molar-refractivity contribution in [1.29, 1.82) is 0 Å². The maximum absolute atomic E-state index is 5.36. The molecule has 15 heavy (non-hydrogen) atoms. The van der Waals surface area contributed by atoms with Crippen molar-refractivity contribution in [3.63, 3.8) is 0 Å². The second-order valence-corrected chi connectivity index (χ2v) is 6.98. The highest BCUT2D eigenvalue weighted by atomic mass is 79.9. The van der Waals surface area contributed by atoms with Crippen LogP contribution < -0.4 is 4.74 Å². The third kappa shape index (κ3) is 4.15. The van der Waals surface area contributed by atoms with E-state index in [0.29, 0.717) is 3.74 Å². The van der Waals surface area contributed by atoms with Gasteiger partial charge in [0.2, 0.25) is 0 Å². The number of hydrogen-bond donors (Lipinski definition) is 0. The molecule has 1 aromatic rings. The molecule has 0 unspecified atom stereocenters. The van der Waals surface area contributed by atoms with E-state index in [1.165, 1.54) is 11.1 Å². The Morgan fingerprint density at radius 1 is 1.33 bits per heavy atom. The third-order valence-corrected chi connectivity index (χ3v) is 3.35. The van der Waals surface area contributed by atoms with Crippen LogP contribution in [-0.4, -0.2) is 10.8 Å². The quantitative estimate of drug-likeness (QED) is 0.723. The Kier molecular flexibility index (Phi) is 5.69. The van der Waals surface area contributed by atoms with Crippen LogP contribution in [0, 0.1) is 6.92 Å². The molecule has 0 saturated heterocycles. The minimum absolute atomic E-state index is 0.417. The minimum atomic E-state index is 0.417. The Bertz CT molecular complexity index is 310. The lowest BCUT2D eigenvalue weighted by molar-refractivity contribution is 0.408. The van der Waals surface area contributed by atoms with Crippen molar-refractivity contribution < 1.29 is 4.74 Å². The van der Waals surface area contributed by atoms with E-state index in [0.717, 1.165) is 25.0 Å². The molecule has 1 nitrogen and oxygen atoms in total. The standard InChI is InChI=1S/C12H16Br2O/c1-9-5-3-7-11(15-2)10(9)6-4-8-12(13)14/h3,5,7,12H,4,6,8H2,1-2H3. The van der Waals surface area contributed by atoms with Crippen LogP contribution in [-0.2, 0) is 6.42 Å². The van der Waals surface area contributed by atoms with Crippen LogP contribution in [0.25, 0.3) is 0 Å². The van der Waals surface area contributed by atoms with Gasteiger partial charge in [0.15, 0.2) is 0 Å². The summed E-state index contributed by atoms with van der Waals surface area (Å²) in [5.41, 5.74) is 2.65. The summed E-state index contributed by atoms with van der Waals surface area (Å²) in [6.45, 7) is 2.14. The number of alkyl halides is 2. The molecule has 0 aliphatic heterocycles. The molecule has 0 saturated carbocycles. The van der Waals surface area contributed by atoms with Gasteiger partial charge in [0, 0.05) is 0 Å². The molecule has 0 aliphatic carbocycles. The Labute approximate surface area is 108 Å². The van der Waals surface area contributed by atoms with Crippen molar-refractivity contribution in [3.8, 4) is 5.75 Å². The van der Waals surface area contributed by atoms with E-state index in [2.05, 4.69) is 44.8 Å². The van der Waals surface area contributed by atoms with E-state index in [-0.39, 0.29) is 0 Å². The molecule has 0 atom stereocenters. The van der Waals surface area contributed by atoms with Gasteiger partial charge < -0.3 is 4.74 Å². The van der Waals surface area contributed by atoms with Crippen molar-refractivity contribution in [1.82, 2.24) is 0 Å². The lowest BCUT2D eigenvalue weighted by atomic mass is 10.0. The predicted molar refractivity (Wildman–Crippen MR) is 72.3 cm³/mol. The fourth-order valence-corrected chi connectivity index (χ4v) is 2.27. The van der Waals surface area contributed by atoms with Crippen LogP contribution in [0.1, 0.15) is 24.0 Å². The Morgan fingerprint density at radius 2 is 2.07 bits per heavy atom. The Balaban J connectivity index is 2.66. The zero-order chi connectivity index (χ0) is 11.3. The topological polar surface area (TPSA) is 9.23 Å². The maximum atomic E-state index is 5.36. The van der Waals surface area contributed by atoms with Crippen molar-refractivity contribution in [2.24, 2.45) is 0 Å². The van der Waals surface area contributed by atoms with Crippen molar-refractivity contribution in [2.75, 3.05) is 7.11 Å². The van der Waals surface area contributed by atoms with Crippen LogP contribution >= 0.6 is 31.9 Å². The number of methoxy groups -OCH3 is 1. The first-order valence-corrected chi connectivity index (χ1v) is 6.89. The zero-order valence-electron chi connectivity index (χ0n) is 9.09. The number of ether oxygens (including phenoxy) is 1. The number of benzene rings is 1. The largest absolute Gasteiger partial charge is 0.496 e. The molecule has 0 heterocycles. The van der Waals surface area contributed by atoms with Gasteiger partial charge in [-0.15, -0.1) is 0 Å². The summed E-state index contributed by atoms with van der Waals surface area (Å²) >= 11 is 6.97. The molecule has 0 bridgehead atoms. The number of rotatable bonds is 5. The van der Waals surface area contributed by atoms with Gasteiger partial charge in [0.05, 0.1) is 10.8 Å². The molecule has 0 spiro atoms. The van der Waals surface area contributed by atoms with E-state index in [9.17, 15) is 0 Å². The van der Waals surface area contributed by atoms with Gasteiger partial charge in [0.25, 0.3) is 0 Å². The maximum Gasteiger partial charge on any atom is 0.122 e. The summed E-state index contributed by atoms with van der Waals surface area (Å²) < 4.78 is 5.78. The molecule has 0 aliphatic rings. The van der Waals surface area contributed by atoms with Gasteiger partial charge in [-0.2, -0.15) is 0 Å². The SMILES string of the molecule is COc1cccc(C)c1CCCC(Br)Br. The van der Waals surface area contributed by atoms with Gasteiger partial charge in [-0.3, -0.25) is 0 Å². The van der Waals surface area contributed by atoms with E-state index in [4.69, 9.17) is 4.74 Å². The number of aryl methyl sites for hydroxylation is 1. The average Bonchev–Trinajstić information content (AvgIpc) is 2.20. The third-order valence-electron chi connectivity index (χ3n) is 2.44. The molecule has 1 rings (SSSR count). The second-order valence-electron chi connectivity index (χ2n) is 3.54. The number of halogens is 2. The smallest absolute Gasteiger partial charge is 0.122 e. The summed E-state index contributed by atoms with van der Waals surface area (Å²) in [6.07, 6.45) is 3.35. The molecule has 0 fully saturated rings. The van der Waals surface area contributed by atoms with Crippen LogP contribution in [0.15, 0.2) is 18.2 Å². The summed E-state index contributed by atoms with van der Waals surface area (Å²) in [7, 11) is 1.73. The first kappa shape index (κ1) is 13.0. The van der Waals surface area contributed by atoms with Crippen LogP contribution in [0.3, 0.4) is 0 Å². The number of hydrogen-bond acceptors (Lipinski definition) is 1.